The minimum atomic E-state index is 1.13. The molecule has 0 amide bonds. The molecule has 4 aromatic carbocycles. The summed E-state index contributed by atoms with van der Waals surface area (Å²) in [6, 6.07) is 22.0. The van der Waals surface area contributed by atoms with Crippen molar-refractivity contribution in [1.29, 1.82) is 0 Å². The number of rotatable bonds is 0. The normalized spacial score (nSPS) is 11.5. The maximum atomic E-state index is 3.60. The highest BCUT2D eigenvalue weighted by atomic mass is 79.9. The molecule has 1 heteroatoms. The average Bonchev–Trinajstić information content (AvgIpc) is 2.46. The van der Waals surface area contributed by atoms with Crippen LogP contribution in [-0.4, -0.2) is 0 Å². The quantitative estimate of drug-likeness (QED) is 0.337. The van der Waals surface area contributed by atoms with Gasteiger partial charge in [-0.1, -0.05) is 70.0 Å². The molecule has 0 aliphatic carbocycles. The summed E-state index contributed by atoms with van der Waals surface area (Å²) in [6.07, 6.45) is 0. The molecule has 0 radical (unpaired) electrons. The molecule has 0 N–H and O–H groups in total. The van der Waals surface area contributed by atoms with E-state index < -0.39 is 0 Å². The zero-order chi connectivity index (χ0) is 13.7. The van der Waals surface area contributed by atoms with Crippen LogP contribution in [0.4, 0.5) is 0 Å². The van der Waals surface area contributed by atoms with Crippen molar-refractivity contribution >= 4 is 48.2 Å². The largest absolute Gasteiger partial charge is 0.0587 e. The van der Waals surface area contributed by atoms with Gasteiger partial charge in [0.1, 0.15) is 0 Å². The minimum absolute atomic E-state index is 1.13. The second-order valence-electron chi connectivity index (χ2n) is 5.32. The van der Waals surface area contributed by atoms with Crippen molar-refractivity contribution in [2.75, 3.05) is 0 Å². The molecule has 0 heterocycles. The Morgan fingerprint density at radius 3 is 1.95 bits per heavy atom. The van der Waals surface area contributed by atoms with Crippen LogP contribution in [0.2, 0.25) is 0 Å². The lowest BCUT2D eigenvalue weighted by Crippen LogP contribution is -1.82. The van der Waals surface area contributed by atoms with Crippen LogP contribution in [0, 0.1) is 6.92 Å². The first-order valence-corrected chi connectivity index (χ1v) is 7.53. The molecule has 0 fully saturated rings. The summed E-state index contributed by atoms with van der Waals surface area (Å²) in [5, 5.41) is 7.89. The lowest BCUT2D eigenvalue weighted by Gasteiger charge is -2.09. The predicted octanol–water partition coefficient (Wildman–Crippen LogP) is 6.22. The van der Waals surface area contributed by atoms with Crippen molar-refractivity contribution in [3.63, 3.8) is 0 Å². The van der Waals surface area contributed by atoms with Gasteiger partial charge in [0.05, 0.1) is 0 Å². The van der Waals surface area contributed by atoms with Gasteiger partial charge in [-0.05, 0) is 51.4 Å². The van der Waals surface area contributed by atoms with Crippen LogP contribution in [0.15, 0.2) is 65.1 Å². The monoisotopic (exact) mass is 320 g/mol. The van der Waals surface area contributed by atoms with Crippen LogP contribution < -0.4 is 0 Å². The maximum Gasteiger partial charge on any atom is 0.0181 e. The van der Waals surface area contributed by atoms with Gasteiger partial charge in [-0.25, -0.2) is 0 Å². The molecular weight excluding hydrogens is 308 g/mol. The summed E-state index contributed by atoms with van der Waals surface area (Å²) in [7, 11) is 0. The molecule has 0 aliphatic rings. The number of hydrogen-bond donors (Lipinski definition) is 0. The standard InChI is InChI=1S/C19H13Br/c1-12-2-3-13-4-6-15-7-5-14-8-9-16(20)11-18(14)19(15)17(13)10-12/h2-11H,1H3. The first-order valence-electron chi connectivity index (χ1n) is 6.74. The highest BCUT2D eigenvalue weighted by molar-refractivity contribution is 9.10. The molecule has 4 rings (SSSR count). The van der Waals surface area contributed by atoms with Crippen molar-refractivity contribution in [3.8, 4) is 0 Å². The molecule has 0 atom stereocenters. The van der Waals surface area contributed by atoms with Crippen molar-refractivity contribution in [2.24, 2.45) is 0 Å². The molecule has 0 saturated heterocycles. The fourth-order valence-electron chi connectivity index (χ4n) is 2.96. The Morgan fingerprint density at radius 1 is 0.650 bits per heavy atom. The van der Waals surface area contributed by atoms with Crippen LogP contribution in [0.3, 0.4) is 0 Å². The van der Waals surface area contributed by atoms with E-state index in [0.717, 1.165) is 4.47 Å². The molecule has 0 nitrogen and oxygen atoms in total. The third-order valence-corrected chi connectivity index (χ3v) is 4.43. The van der Waals surface area contributed by atoms with Crippen molar-refractivity contribution in [3.05, 3.63) is 70.7 Å². The van der Waals surface area contributed by atoms with Crippen LogP contribution in [0.25, 0.3) is 32.3 Å². The summed E-state index contributed by atoms with van der Waals surface area (Å²) in [5.41, 5.74) is 1.30. The van der Waals surface area contributed by atoms with Gasteiger partial charge in [-0.15, -0.1) is 0 Å². The Labute approximate surface area is 126 Å². The number of hydrogen-bond acceptors (Lipinski definition) is 0. The number of benzene rings is 4. The van der Waals surface area contributed by atoms with Crippen molar-refractivity contribution < 1.29 is 0 Å². The Kier molecular flexibility index (Phi) is 2.58. The summed E-state index contributed by atoms with van der Waals surface area (Å²) < 4.78 is 1.13. The highest BCUT2D eigenvalue weighted by Gasteiger charge is 2.06. The predicted molar refractivity (Wildman–Crippen MR) is 91.4 cm³/mol. The van der Waals surface area contributed by atoms with Gasteiger partial charge in [-0.2, -0.15) is 0 Å². The zero-order valence-electron chi connectivity index (χ0n) is 11.2. The Bertz CT molecular complexity index is 891. The van der Waals surface area contributed by atoms with Gasteiger partial charge < -0.3 is 0 Å². The molecule has 0 bridgehead atoms. The van der Waals surface area contributed by atoms with Crippen LogP contribution in [0.1, 0.15) is 5.56 Å². The maximum absolute atomic E-state index is 3.60. The lowest BCUT2D eigenvalue weighted by atomic mass is 9.95. The lowest BCUT2D eigenvalue weighted by molar-refractivity contribution is 1.51. The smallest absolute Gasteiger partial charge is 0.0181 e. The highest BCUT2D eigenvalue weighted by Crippen LogP contribution is 2.33. The van der Waals surface area contributed by atoms with E-state index in [1.165, 1.54) is 37.9 Å². The molecular formula is C19H13Br. The van der Waals surface area contributed by atoms with E-state index in [0.29, 0.717) is 0 Å². The van der Waals surface area contributed by atoms with E-state index in [-0.39, 0.29) is 0 Å². The second-order valence-corrected chi connectivity index (χ2v) is 6.23. The molecule has 96 valence electrons. The van der Waals surface area contributed by atoms with Crippen LogP contribution in [-0.2, 0) is 0 Å². The number of fused-ring (bicyclic) bond motifs is 5. The molecule has 4 aromatic rings. The third-order valence-electron chi connectivity index (χ3n) is 3.94. The Hall–Kier alpha value is -1.86. The van der Waals surface area contributed by atoms with Gasteiger partial charge in [0.15, 0.2) is 0 Å². The van der Waals surface area contributed by atoms with Crippen molar-refractivity contribution in [2.45, 2.75) is 6.92 Å². The molecule has 20 heavy (non-hydrogen) atoms. The Morgan fingerprint density at radius 2 is 1.20 bits per heavy atom. The topological polar surface area (TPSA) is 0 Å². The first kappa shape index (κ1) is 11.9. The number of aryl methyl sites for hydroxylation is 1. The SMILES string of the molecule is Cc1ccc2ccc3ccc4ccc(Br)cc4c3c2c1. The minimum Gasteiger partial charge on any atom is -0.0587 e. The number of halogens is 1. The molecule has 0 aliphatic heterocycles. The fourth-order valence-corrected chi connectivity index (χ4v) is 3.32. The van der Waals surface area contributed by atoms with Gasteiger partial charge in [0.2, 0.25) is 0 Å². The molecule has 0 unspecified atom stereocenters. The fraction of sp³-hybridized carbons (Fsp3) is 0.0526. The summed E-state index contributed by atoms with van der Waals surface area (Å²) >= 11 is 3.60. The van der Waals surface area contributed by atoms with Gasteiger partial charge in [0, 0.05) is 4.47 Å². The second kappa shape index (κ2) is 4.32. The summed E-state index contributed by atoms with van der Waals surface area (Å²) in [4.78, 5) is 0. The van der Waals surface area contributed by atoms with Gasteiger partial charge in [0.25, 0.3) is 0 Å². The Balaban J connectivity index is 2.34. The van der Waals surface area contributed by atoms with E-state index >= 15 is 0 Å². The molecule has 0 aromatic heterocycles. The van der Waals surface area contributed by atoms with E-state index in [2.05, 4.69) is 83.5 Å². The first-order chi connectivity index (χ1) is 9.72. The van der Waals surface area contributed by atoms with E-state index in [1.807, 2.05) is 0 Å². The summed E-state index contributed by atoms with van der Waals surface area (Å²) in [6.45, 7) is 2.15. The third kappa shape index (κ3) is 1.74. The van der Waals surface area contributed by atoms with E-state index in [9.17, 15) is 0 Å². The van der Waals surface area contributed by atoms with Crippen molar-refractivity contribution in [1.82, 2.24) is 0 Å². The molecule has 0 spiro atoms. The van der Waals surface area contributed by atoms with E-state index in [4.69, 9.17) is 0 Å². The van der Waals surface area contributed by atoms with Gasteiger partial charge >= 0.3 is 0 Å². The van der Waals surface area contributed by atoms with Crippen LogP contribution in [0.5, 0.6) is 0 Å². The van der Waals surface area contributed by atoms with E-state index in [1.54, 1.807) is 0 Å². The zero-order valence-corrected chi connectivity index (χ0v) is 12.7. The average molecular weight is 321 g/mol. The van der Waals surface area contributed by atoms with Gasteiger partial charge in [-0.3, -0.25) is 0 Å². The molecule has 0 saturated carbocycles. The summed E-state index contributed by atoms with van der Waals surface area (Å²) in [5.74, 6) is 0. The van der Waals surface area contributed by atoms with Crippen LogP contribution >= 0.6 is 15.9 Å².